The maximum absolute atomic E-state index is 14.2. The Morgan fingerprint density at radius 3 is 2.15 bits per heavy atom. The number of hydrogen-bond donors (Lipinski definition) is 5. The van der Waals surface area contributed by atoms with Crippen LogP contribution in [0.3, 0.4) is 0 Å². The lowest BCUT2D eigenvalue weighted by Crippen LogP contribution is -2.55. The number of hydrazine groups is 1. The van der Waals surface area contributed by atoms with Gasteiger partial charge in [-0.15, -0.1) is 0 Å². The Morgan fingerprint density at radius 1 is 0.790 bits per heavy atom. The maximum Gasteiger partial charge on any atom is 0.416 e. The van der Waals surface area contributed by atoms with Gasteiger partial charge in [0.1, 0.15) is 30.2 Å². The third-order valence-corrected chi connectivity index (χ3v) is 14.3. The van der Waals surface area contributed by atoms with E-state index in [4.69, 9.17) is 18.9 Å². The molecule has 8 rings (SSSR count). The number of aliphatic imine (C=N–C) groups is 1. The van der Waals surface area contributed by atoms with Crippen molar-refractivity contribution >= 4 is 76.5 Å². The average Bonchev–Trinajstić information content (AvgIpc) is 4.14. The number of aliphatic hydroxyl groups is 1. The van der Waals surface area contributed by atoms with E-state index in [1.54, 1.807) is 49.2 Å². The number of amides is 8. The fraction of sp³-hybridized carbons (Fsp3) is 0.414. The highest BCUT2D eigenvalue weighted by molar-refractivity contribution is 6.13. The van der Waals surface area contributed by atoms with E-state index in [1.165, 1.54) is 31.1 Å². The van der Waals surface area contributed by atoms with Crippen molar-refractivity contribution in [2.45, 2.75) is 123 Å². The van der Waals surface area contributed by atoms with Gasteiger partial charge in [-0.1, -0.05) is 37.1 Å². The van der Waals surface area contributed by atoms with Gasteiger partial charge in [-0.25, -0.2) is 15.1 Å². The van der Waals surface area contributed by atoms with Gasteiger partial charge in [0, 0.05) is 65.8 Å². The number of rotatable bonds is 23. The highest BCUT2D eigenvalue weighted by Crippen LogP contribution is 2.42. The number of Topliss-reactive ketones (excluding diaryl/α,β-unsaturated/α-hetero) is 1. The maximum atomic E-state index is 14.2. The molecule has 5 aliphatic heterocycles. The van der Waals surface area contributed by atoms with Crippen molar-refractivity contribution in [3.05, 3.63) is 106 Å². The van der Waals surface area contributed by atoms with Gasteiger partial charge >= 0.3 is 6.09 Å². The molecule has 23 nitrogen and oxygen atoms in total. The summed E-state index contributed by atoms with van der Waals surface area (Å²) in [6.07, 6.45) is 7.27. The Labute approximate surface area is 472 Å². The molecule has 5 aliphatic rings. The molecule has 0 spiro atoms. The van der Waals surface area contributed by atoms with Crippen molar-refractivity contribution in [3.63, 3.8) is 0 Å². The molecule has 3 aromatic carbocycles. The molecule has 0 bridgehead atoms. The van der Waals surface area contributed by atoms with Crippen LogP contribution < -0.4 is 40.6 Å². The zero-order chi connectivity index (χ0) is 58.2. The predicted molar refractivity (Wildman–Crippen MR) is 302 cm³/mol. The third kappa shape index (κ3) is 13.7. The van der Waals surface area contributed by atoms with Crippen LogP contribution in [-0.4, -0.2) is 137 Å². The number of imide groups is 2. The second-order valence-electron chi connectivity index (χ2n) is 20.9. The van der Waals surface area contributed by atoms with Gasteiger partial charge in [-0.05, 0) is 101 Å². The number of hydrogen-bond acceptors (Lipinski definition) is 17. The number of nitrogens with zero attached hydrogens (tertiary/aromatic N) is 5. The largest absolute Gasteiger partial charge is 0.493 e. The summed E-state index contributed by atoms with van der Waals surface area (Å²) in [5.74, 6) is -3.85. The zero-order valence-electron chi connectivity index (χ0n) is 46.2. The molecule has 5 N–H and O–H groups in total. The molecular weight excluding hydrogens is 1050 g/mol. The van der Waals surface area contributed by atoms with Crippen LogP contribution >= 0.6 is 0 Å². The fourth-order valence-corrected chi connectivity index (χ4v) is 9.82. The number of unbranched alkanes of at least 4 members (excludes halogenated alkanes) is 2. The van der Waals surface area contributed by atoms with Crippen LogP contribution in [0.5, 0.6) is 17.2 Å². The Kier molecular flexibility index (Phi) is 18.5. The van der Waals surface area contributed by atoms with E-state index in [1.807, 2.05) is 45.3 Å². The Bertz CT molecular complexity index is 3130. The van der Waals surface area contributed by atoms with Crippen molar-refractivity contribution in [2.75, 3.05) is 37.2 Å². The number of carbonyl (C=O) groups excluding carboxylic acids is 9. The van der Waals surface area contributed by atoms with E-state index in [0.29, 0.717) is 54.1 Å². The second kappa shape index (κ2) is 25.6. The first-order valence-corrected chi connectivity index (χ1v) is 26.8. The molecule has 0 radical (unpaired) electrons. The molecule has 0 aromatic heterocycles. The quantitative estimate of drug-likeness (QED) is 0.0308. The molecule has 0 fully saturated rings. The van der Waals surface area contributed by atoms with Crippen LogP contribution in [0.15, 0.2) is 89.2 Å². The van der Waals surface area contributed by atoms with Crippen LogP contribution in [0.4, 0.5) is 21.9 Å². The summed E-state index contributed by atoms with van der Waals surface area (Å²) in [5.41, 5.74) is 10.9. The number of aryl methyl sites for hydroxylation is 1. The number of fused-ring (bicyclic) bond motifs is 4. The summed E-state index contributed by atoms with van der Waals surface area (Å²) in [6, 6.07) is 10.4. The van der Waals surface area contributed by atoms with Crippen molar-refractivity contribution in [1.82, 2.24) is 30.8 Å². The molecule has 3 aromatic rings. The number of carbonyl (C=O) groups is 9. The van der Waals surface area contributed by atoms with Gasteiger partial charge in [0.2, 0.25) is 17.7 Å². The summed E-state index contributed by atoms with van der Waals surface area (Å²) in [5, 5.41) is 16.7. The van der Waals surface area contributed by atoms with E-state index < -0.39 is 84.0 Å². The van der Waals surface area contributed by atoms with Gasteiger partial charge in [0.05, 0.1) is 61.3 Å². The van der Waals surface area contributed by atoms with Crippen LogP contribution in [0.2, 0.25) is 0 Å². The van der Waals surface area contributed by atoms with E-state index in [-0.39, 0.29) is 65.2 Å². The standard InChI is InChI=1S/C58H67N9O14.3H2/c1-32(2)52(54(73)60-49(69)24-40(68)17-18-64-50(70)15-16-51(64)71)61-53(72)36(6)62-63-38-13-11-37(12-14-38)31-81-58(77)67-44-27-48(47(78-7)25-42(44)56(75)66-30-34(4)22-45(66)57(67)76)80-20-10-8-9-19-79-46-26-43-41(23-35(46)5)55(74)65-29-33(3)21-39(65)28-59-43;;;/h11-16,23,25-30,32,36,39,45,52,57,62-63,76H,8-10,17-22,24,31H2,1-7H3,(H,61,72)(H,60,69,73);3*1H/t36?,39-,45-,52-,57-;;;/m0.../s1. The number of nitrogens with one attached hydrogen (secondary N) is 4. The minimum Gasteiger partial charge on any atom is -0.493 e. The van der Waals surface area contributed by atoms with Crippen molar-refractivity contribution < 1.29 is 71.5 Å². The Morgan fingerprint density at radius 2 is 1.46 bits per heavy atom. The van der Waals surface area contributed by atoms with Crippen molar-refractivity contribution in [3.8, 4) is 17.2 Å². The van der Waals surface area contributed by atoms with Gasteiger partial charge in [-0.2, -0.15) is 0 Å². The normalized spacial score (nSPS) is 18.7. The molecule has 8 amide bonds. The van der Waals surface area contributed by atoms with E-state index in [0.717, 1.165) is 51.5 Å². The summed E-state index contributed by atoms with van der Waals surface area (Å²) < 4.78 is 23.8. The summed E-state index contributed by atoms with van der Waals surface area (Å²) in [6.45, 7) is 10.9. The summed E-state index contributed by atoms with van der Waals surface area (Å²) in [7, 11) is 1.44. The molecule has 5 atom stereocenters. The van der Waals surface area contributed by atoms with Gasteiger partial charge in [0.25, 0.3) is 23.6 Å². The highest BCUT2D eigenvalue weighted by Gasteiger charge is 2.45. The molecule has 5 heterocycles. The van der Waals surface area contributed by atoms with Crippen molar-refractivity contribution in [1.29, 1.82) is 0 Å². The Balaban J connectivity index is 0.00000430. The van der Waals surface area contributed by atoms with E-state index in [9.17, 15) is 48.3 Å². The second-order valence-corrected chi connectivity index (χ2v) is 20.9. The lowest BCUT2D eigenvalue weighted by molar-refractivity contribution is -0.137. The smallest absolute Gasteiger partial charge is 0.416 e. The summed E-state index contributed by atoms with van der Waals surface area (Å²) in [4.78, 5) is 126. The zero-order valence-corrected chi connectivity index (χ0v) is 46.2. The van der Waals surface area contributed by atoms with Crippen molar-refractivity contribution in [2.24, 2.45) is 10.9 Å². The van der Waals surface area contributed by atoms with Gasteiger partial charge < -0.3 is 44.6 Å². The molecular formula is C58H73N9O14. The molecule has 81 heavy (non-hydrogen) atoms. The molecule has 0 saturated carbocycles. The SMILES string of the molecule is COc1cc2c(cc1OCCCCCOc1cc3c(cc1C)C(=O)N1C=C(C)C[C@H]1C=N3)N(C(=O)OCc1ccc(NNC(C)C(=O)N[C@H](C(=O)NC(=O)CC(=O)CCN3C(=O)C=CC3=O)C(C)C)cc1)[C@@H](O)[C@@H]1CC(C)=CN1C2=O.[HH].[HH].[HH]. The monoisotopic (exact) mass is 1120 g/mol. The number of ether oxygens (including phenoxy) is 4. The number of ketones is 1. The number of benzene rings is 3. The molecule has 1 unspecified atom stereocenters. The molecule has 0 aliphatic carbocycles. The average molecular weight is 1120 g/mol. The van der Waals surface area contributed by atoms with Crippen LogP contribution in [0.25, 0.3) is 0 Å². The Hall–Kier alpha value is -8.70. The minimum atomic E-state index is -1.51. The molecule has 434 valence electrons. The first kappa shape index (κ1) is 58.4. The molecule has 0 saturated heterocycles. The minimum absolute atomic E-state index is 0. The topological polar surface area (TPSA) is 284 Å². The molecule has 23 heteroatoms. The summed E-state index contributed by atoms with van der Waals surface area (Å²) >= 11 is 0. The van der Waals surface area contributed by atoms with E-state index in [2.05, 4.69) is 26.5 Å². The van der Waals surface area contributed by atoms with Crippen LogP contribution in [0, 0.1) is 12.8 Å². The first-order valence-electron chi connectivity index (χ1n) is 26.8. The lowest BCUT2D eigenvalue weighted by atomic mass is 10.0. The highest BCUT2D eigenvalue weighted by atomic mass is 16.6. The number of methoxy groups -OCH3 is 1. The first-order chi connectivity index (χ1) is 38.7. The van der Waals surface area contributed by atoms with Crippen LogP contribution in [0.1, 0.15) is 116 Å². The van der Waals surface area contributed by atoms with Crippen LogP contribution in [-0.2, 0) is 40.1 Å². The number of aliphatic hydroxyl groups excluding tert-OH is 1. The third-order valence-electron chi connectivity index (χ3n) is 14.3. The van der Waals surface area contributed by atoms with Gasteiger partial charge in [0.15, 0.2) is 17.7 Å². The van der Waals surface area contributed by atoms with E-state index >= 15 is 0 Å². The number of anilines is 2. The van der Waals surface area contributed by atoms with Gasteiger partial charge in [-0.3, -0.25) is 53.6 Å². The lowest BCUT2D eigenvalue weighted by Gasteiger charge is -2.31. The fourth-order valence-electron chi connectivity index (χ4n) is 9.82. The predicted octanol–water partition coefficient (Wildman–Crippen LogP) is 6.16.